The van der Waals surface area contributed by atoms with Gasteiger partial charge >= 0.3 is 0 Å². The van der Waals surface area contributed by atoms with Gasteiger partial charge in [0.1, 0.15) is 6.23 Å². The van der Waals surface area contributed by atoms with Gasteiger partial charge in [0.25, 0.3) is 0 Å². The van der Waals surface area contributed by atoms with E-state index in [2.05, 4.69) is 13.5 Å². The van der Waals surface area contributed by atoms with E-state index >= 15 is 0 Å². The van der Waals surface area contributed by atoms with Crippen LogP contribution in [0.2, 0.25) is 0 Å². The lowest BCUT2D eigenvalue weighted by Gasteiger charge is -2.18. The summed E-state index contributed by atoms with van der Waals surface area (Å²) in [5.41, 5.74) is 6.29. The van der Waals surface area contributed by atoms with E-state index in [0.29, 0.717) is 0 Å². The van der Waals surface area contributed by atoms with Crippen LogP contribution in [0, 0.1) is 5.92 Å². The van der Waals surface area contributed by atoms with Gasteiger partial charge in [-0.1, -0.05) is 25.5 Å². The third-order valence-electron chi connectivity index (χ3n) is 1.64. The second kappa shape index (κ2) is 4.47. The minimum Gasteiger partial charge on any atom is -0.378 e. The molecule has 0 aromatic carbocycles. The summed E-state index contributed by atoms with van der Waals surface area (Å²) in [7, 11) is 0. The Morgan fingerprint density at radius 1 is 1.70 bits per heavy atom. The minimum atomic E-state index is -0.738. The van der Waals surface area contributed by atoms with E-state index in [-0.39, 0.29) is 5.92 Å². The maximum absolute atomic E-state index is 9.03. The van der Waals surface area contributed by atoms with Crippen molar-refractivity contribution in [3.05, 3.63) is 12.2 Å². The van der Waals surface area contributed by atoms with E-state index in [4.69, 9.17) is 10.8 Å². The molecule has 2 heteroatoms. The highest BCUT2D eigenvalue weighted by Crippen LogP contribution is 2.16. The molecule has 0 saturated heterocycles. The van der Waals surface area contributed by atoms with Crippen molar-refractivity contribution in [3.63, 3.8) is 0 Å². The Morgan fingerprint density at radius 3 is 2.30 bits per heavy atom. The highest BCUT2D eigenvalue weighted by molar-refractivity contribution is 4.97. The van der Waals surface area contributed by atoms with Crippen molar-refractivity contribution in [1.29, 1.82) is 0 Å². The monoisotopic (exact) mass is 143 g/mol. The van der Waals surface area contributed by atoms with E-state index in [9.17, 15) is 0 Å². The summed E-state index contributed by atoms with van der Waals surface area (Å²) in [6, 6.07) is 0. The third-order valence-corrected chi connectivity index (χ3v) is 1.64. The van der Waals surface area contributed by atoms with Crippen molar-refractivity contribution in [1.82, 2.24) is 0 Å². The van der Waals surface area contributed by atoms with Crippen molar-refractivity contribution in [3.8, 4) is 0 Å². The zero-order valence-electron chi connectivity index (χ0n) is 6.80. The van der Waals surface area contributed by atoms with Gasteiger partial charge in [-0.3, -0.25) is 0 Å². The summed E-state index contributed by atoms with van der Waals surface area (Å²) in [6.45, 7) is 7.72. The molecule has 0 bridgehead atoms. The molecule has 0 aliphatic rings. The molecule has 0 spiro atoms. The molecular weight excluding hydrogens is 126 g/mol. The van der Waals surface area contributed by atoms with E-state index in [1.165, 1.54) is 0 Å². The van der Waals surface area contributed by atoms with E-state index in [1.54, 1.807) is 0 Å². The first-order valence-corrected chi connectivity index (χ1v) is 3.68. The molecule has 10 heavy (non-hydrogen) atoms. The Kier molecular flexibility index (Phi) is 4.32. The zero-order valence-corrected chi connectivity index (χ0v) is 6.80. The van der Waals surface area contributed by atoms with Gasteiger partial charge in [0, 0.05) is 5.92 Å². The van der Waals surface area contributed by atoms with E-state index < -0.39 is 6.23 Å². The molecule has 1 unspecified atom stereocenters. The Hall–Kier alpha value is -0.340. The standard InChI is InChI=1S/C8H17NO/c1-4-5-7(6(2)3)8(9)10/h7-8,10H,2,4-5,9H2,1,3H3/t7-,8?/m0/s1. The fourth-order valence-corrected chi connectivity index (χ4v) is 1.02. The van der Waals surface area contributed by atoms with Crippen LogP contribution in [-0.4, -0.2) is 11.3 Å². The van der Waals surface area contributed by atoms with E-state index in [1.807, 2.05) is 6.92 Å². The molecule has 0 aliphatic carbocycles. The highest BCUT2D eigenvalue weighted by Gasteiger charge is 2.13. The Bertz CT molecular complexity index is 110. The minimum absolute atomic E-state index is 0.0741. The molecule has 0 amide bonds. The summed E-state index contributed by atoms with van der Waals surface area (Å²) >= 11 is 0. The normalized spacial score (nSPS) is 16.4. The Morgan fingerprint density at radius 2 is 2.20 bits per heavy atom. The van der Waals surface area contributed by atoms with Crippen LogP contribution >= 0.6 is 0 Å². The van der Waals surface area contributed by atoms with Gasteiger partial charge in [-0.05, 0) is 13.3 Å². The summed E-state index contributed by atoms with van der Waals surface area (Å²) in [6.07, 6.45) is 1.22. The second-order valence-electron chi connectivity index (χ2n) is 2.73. The third kappa shape index (κ3) is 2.99. The molecule has 0 saturated carbocycles. The molecule has 0 aliphatic heterocycles. The largest absolute Gasteiger partial charge is 0.378 e. The number of hydrogen-bond acceptors (Lipinski definition) is 2. The zero-order chi connectivity index (χ0) is 8.15. The Balaban J connectivity index is 3.85. The van der Waals surface area contributed by atoms with Crippen molar-refractivity contribution < 1.29 is 5.11 Å². The van der Waals surface area contributed by atoms with Crippen LogP contribution in [0.5, 0.6) is 0 Å². The molecule has 0 rings (SSSR count). The van der Waals surface area contributed by atoms with Crippen LogP contribution in [0.15, 0.2) is 12.2 Å². The summed E-state index contributed by atoms with van der Waals surface area (Å²) < 4.78 is 0. The summed E-state index contributed by atoms with van der Waals surface area (Å²) in [5, 5.41) is 9.03. The van der Waals surface area contributed by atoms with Crippen LogP contribution < -0.4 is 5.73 Å². The molecule has 0 heterocycles. The lowest BCUT2D eigenvalue weighted by atomic mass is 9.95. The molecule has 0 aromatic heterocycles. The van der Waals surface area contributed by atoms with Crippen LogP contribution in [-0.2, 0) is 0 Å². The Labute approximate surface area is 62.7 Å². The maximum Gasteiger partial charge on any atom is 0.108 e. The van der Waals surface area contributed by atoms with Crippen molar-refractivity contribution in [2.45, 2.75) is 32.9 Å². The van der Waals surface area contributed by atoms with Gasteiger partial charge < -0.3 is 10.8 Å². The predicted molar refractivity (Wildman–Crippen MR) is 43.4 cm³/mol. The second-order valence-corrected chi connectivity index (χ2v) is 2.73. The molecule has 0 fully saturated rings. The first kappa shape index (κ1) is 9.66. The van der Waals surface area contributed by atoms with Crippen LogP contribution in [0.3, 0.4) is 0 Å². The lowest BCUT2D eigenvalue weighted by molar-refractivity contribution is 0.126. The average molecular weight is 143 g/mol. The van der Waals surface area contributed by atoms with E-state index in [0.717, 1.165) is 18.4 Å². The number of rotatable bonds is 4. The molecule has 0 aromatic rings. The number of aliphatic hydroxyl groups excluding tert-OH is 1. The number of nitrogens with two attached hydrogens (primary N) is 1. The van der Waals surface area contributed by atoms with Gasteiger partial charge in [-0.15, -0.1) is 0 Å². The quantitative estimate of drug-likeness (QED) is 0.459. The predicted octanol–water partition coefficient (Wildman–Crippen LogP) is 1.26. The molecule has 2 atom stereocenters. The number of aliphatic hydroxyl groups is 1. The molecular formula is C8H17NO. The fraction of sp³-hybridized carbons (Fsp3) is 0.750. The first-order chi connectivity index (χ1) is 4.59. The average Bonchev–Trinajstić information content (AvgIpc) is 1.81. The van der Waals surface area contributed by atoms with Crippen LogP contribution in [0.1, 0.15) is 26.7 Å². The van der Waals surface area contributed by atoms with Crippen molar-refractivity contribution in [2.24, 2.45) is 11.7 Å². The van der Waals surface area contributed by atoms with Crippen molar-refractivity contribution in [2.75, 3.05) is 0 Å². The van der Waals surface area contributed by atoms with Gasteiger partial charge in [0.05, 0.1) is 0 Å². The number of hydrogen-bond donors (Lipinski definition) is 2. The lowest BCUT2D eigenvalue weighted by Crippen LogP contribution is -2.29. The summed E-state index contributed by atoms with van der Waals surface area (Å²) in [5.74, 6) is 0.0741. The molecule has 3 N–H and O–H groups in total. The molecule has 60 valence electrons. The smallest absolute Gasteiger partial charge is 0.108 e. The SMILES string of the molecule is C=C(C)[C@H](CCC)C(N)O. The van der Waals surface area contributed by atoms with Gasteiger partial charge in [0.15, 0.2) is 0 Å². The highest BCUT2D eigenvalue weighted by atomic mass is 16.3. The maximum atomic E-state index is 9.03. The van der Waals surface area contributed by atoms with Gasteiger partial charge in [0.2, 0.25) is 0 Å². The first-order valence-electron chi connectivity index (χ1n) is 3.68. The van der Waals surface area contributed by atoms with Gasteiger partial charge in [-0.2, -0.15) is 0 Å². The molecule has 2 nitrogen and oxygen atoms in total. The topological polar surface area (TPSA) is 46.2 Å². The summed E-state index contributed by atoms with van der Waals surface area (Å²) in [4.78, 5) is 0. The van der Waals surface area contributed by atoms with Crippen LogP contribution in [0.4, 0.5) is 0 Å². The van der Waals surface area contributed by atoms with Gasteiger partial charge in [-0.25, -0.2) is 0 Å². The molecule has 0 radical (unpaired) electrons. The van der Waals surface area contributed by atoms with Crippen molar-refractivity contribution >= 4 is 0 Å². The fourth-order valence-electron chi connectivity index (χ4n) is 1.02. The van der Waals surface area contributed by atoms with Crippen LogP contribution in [0.25, 0.3) is 0 Å².